The molecule has 1 aromatic rings. The van der Waals surface area contributed by atoms with E-state index in [0.29, 0.717) is 11.5 Å². The summed E-state index contributed by atoms with van der Waals surface area (Å²) >= 11 is 0. The van der Waals surface area contributed by atoms with E-state index in [9.17, 15) is 9.18 Å². The van der Waals surface area contributed by atoms with E-state index in [1.54, 1.807) is 6.92 Å². The lowest BCUT2D eigenvalue weighted by Crippen LogP contribution is -2.26. The Labute approximate surface area is 106 Å². The van der Waals surface area contributed by atoms with Crippen LogP contribution in [0, 0.1) is 12.7 Å². The maximum atomic E-state index is 14.0. The first-order chi connectivity index (χ1) is 8.63. The van der Waals surface area contributed by atoms with Crippen LogP contribution in [0.15, 0.2) is 12.1 Å². The Hall–Kier alpha value is -1.42. The van der Waals surface area contributed by atoms with Crippen molar-refractivity contribution in [2.24, 2.45) is 0 Å². The lowest BCUT2D eigenvalue weighted by Gasteiger charge is -2.23. The molecule has 1 aliphatic rings. The second-order valence-corrected chi connectivity index (χ2v) is 4.71. The molecular weight excluding hydrogens is 233 g/mol. The summed E-state index contributed by atoms with van der Waals surface area (Å²) in [5, 5.41) is 3.28. The highest BCUT2D eigenvalue weighted by molar-refractivity contribution is 5.91. The molecular formula is C14H18FNO2. The van der Waals surface area contributed by atoms with Crippen molar-refractivity contribution < 1.29 is 13.9 Å². The molecule has 0 amide bonds. The number of piperidine rings is 1. The topological polar surface area (TPSA) is 38.3 Å². The number of benzene rings is 1. The molecule has 1 N–H and O–H groups in total. The van der Waals surface area contributed by atoms with Crippen LogP contribution in [-0.2, 0) is 4.74 Å². The van der Waals surface area contributed by atoms with Gasteiger partial charge in [0.25, 0.3) is 0 Å². The Bertz CT molecular complexity index is 430. The van der Waals surface area contributed by atoms with Crippen LogP contribution in [0.4, 0.5) is 4.39 Å². The molecule has 98 valence electrons. The molecule has 1 fully saturated rings. The van der Waals surface area contributed by atoms with Crippen molar-refractivity contribution in [3.63, 3.8) is 0 Å². The molecule has 1 aliphatic heterocycles. The number of ether oxygens (including phenoxy) is 1. The third-order valence-electron chi connectivity index (χ3n) is 3.51. The molecule has 0 unspecified atom stereocenters. The van der Waals surface area contributed by atoms with Crippen LogP contribution < -0.4 is 5.32 Å². The number of rotatable bonds is 2. The summed E-state index contributed by atoms with van der Waals surface area (Å²) in [6.07, 6.45) is 2.02. The van der Waals surface area contributed by atoms with E-state index in [4.69, 9.17) is 0 Å². The van der Waals surface area contributed by atoms with Crippen molar-refractivity contribution in [2.45, 2.75) is 25.7 Å². The largest absolute Gasteiger partial charge is 0.465 e. The van der Waals surface area contributed by atoms with Gasteiger partial charge in [-0.2, -0.15) is 0 Å². The minimum absolute atomic E-state index is 0.0511. The molecule has 0 bridgehead atoms. The highest BCUT2D eigenvalue weighted by Gasteiger charge is 2.21. The van der Waals surface area contributed by atoms with Gasteiger partial charge in [-0.1, -0.05) is 6.07 Å². The predicted octanol–water partition coefficient (Wildman–Crippen LogP) is 2.39. The molecule has 0 aliphatic carbocycles. The van der Waals surface area contributed by atoms with E-state index in [-0.39, 0.29) is 5.56 Å². The van der Waals surface area contributed by atoms with Crippen LogP contribution >= 0.6 is 0 Å². The number of methoxy groups -OCH3 is 1. The fraction of sp³-hybridized carbons (Fsp3) is 0.500. The SMILES string of the molecule is COC(=O)c1c(C)cc(C2CCNCC2)cc1F. The monoisotopic (exact) mass is 251 g/mol. The van der Waals surface area contributed by atoms with Crippen molar-refractivity contribution in [2.75, 3.05) is 20.2 Å². The first-order valence-electron chi connectivity index (χ1n) is 6.22. The Kier molecular flexibility index (Phi) is 3.97. The molecule has 0 atom stereocenters. The first-order valence-corrected chi connectivity index (χ1v) is 6.22. The zero-order chi connectivity index (χ0) is 13.1. The maximum Gasteiger partial charge on any atom is 0.341 e. The number of hydrogen-bond donors (Lipinski definition) is 1. The second-order valence-electron chi connectivity index (χ2n) is 4.71. The summed E-state index contributed by atoms with van der Waals surface area (Å²) in [5.74, 6) is -0.705. The summed E-state index contributed by atoms with van der Waals surface area (Å²) in [5.41, 5.74) is 1.68. The Balaban J connectivity index is 2.32. The maximum absolute atomic E-state index is 14.0. The lowest BCUT2D eigenvalue weighted by molar-refractivity contribution is 0.0594. The van der Waals surface area contributed by atoms with Gasteiger partial charge in [-0.05, 0) is 56.0 Å². The minimum Gasteiger partial charge on any atom is -0.465 e. The number of esters is 1. The van der Waals surface area contributed by atoms with Gasteiger partial charge in [-0.15, -0.1) is 0 Å². The molecule has 1 aromatic carbocycles. The van der Waals surface area contributed by atoms with Crippen LogP contribution in [0.3, 0.4) is 0 Å². The highest BCUT2D eigenvalue weighted by atomic mass is 19.1. The van der Waals surface area contributed by atoms with E-state index < -0.39 is 11.8 Å². The number of halogens is 1. The minimum atomic E-state index is -0.609. The van der Waals surface area contributed by atoms with E-state index in [2.05, 4.69) is 10.1 Å². The number of hydrogen-bond acceptors (Lipinski definition) is 3. The van der Waals surface area contributed by atoms with Crippen LogP contribution in [0.25, 0.3) is 0 Å². The molecule has 0 spiro atoms. The summed E-state index contributed by atoms with van der Waals surface area (Å²) in [6, 6.07) is 3.39. The van der Waals surface area contributed by atoms with Crippen molar-refractivity contribution in [1.82, 2.24) is 5.32 Å². The number of carbonyl (C=O) groups is 1. The Morgan fingerprint density at radius 2 is 2.06 bits per heavy atom. The summed E-state index contributed by atoms with van der Waals surface area (Å²) < 4.78 is 18.6. The molecule has 1 heterocycles. The summed E-state index contributed by atoms with van der Waals surface area (Å²) in [7, 11) is 1.27. The number of carbonyl (C=O) groups excluding carboxylic acids is 1. The first kappa shape index (κ1) is 13.0. The average Bonchev–Trinajstić information content (AvgIpc) is 2.38. The van der Waals surface area contributed by atoms with Crippen LogP contribution in [0.2, 0.25) is 0 Å². The van der Waals surface area contributed by atoms with Gasteiger partial charge < -0.3 is 10.1 Å². The van der Waals surface area contributed by atoms with Gasteiger partial charge in [0.15, 0.2) is 0 Å². The molecule has 1 saturated heterocycles. The molecule has 3 nitrogen and oxygen atoms in total. The van der Waals surface area contributed by atoms with Crippen LogP contribution in [0.1, 0.15) is 40.2 Å². The Morgan fingerprint density at radius 1 is 1.39 bits per heavy atom. The number of aryl methyl sites for hydroxylation is 1. The van der Waals surface area contributed by atoms with Crippen molar-refractivity contribution >= 4 is 5.97 Å². The fourth-order valence-electron chi connectivity index (χ4n) is 2.52. The summed E-state index contributed by atoms with van der Waals surface area (Å²) in [6.45, 7) is 3.67. The zero-order valence-electron chi connectivity index (χ0n) is 10.8. The van der Waals surface area contributed by atoms with Crippen molar-refractivity contribution in [3.8, 4) is 0 Å². The number of nitrogens with one attached hydrogen (secondary N) is 1. The predicted molar refractivity (Wildman–Crippen MR) is 67.3 cm³/mol. The van der Waals surface area contributed by atoms with Gasteiger partial charge in [-0.3, -0.25) is 0 Å². The molecule has 0 aromatic heterocycles. The van der Waals surface area contributed by atoms with Crippen LogP contribution in [-0.4, -0.2) is 26.2 Å². The third-order valence-corrected chi connectivity index (χ3v) is 3.51. The van der Waals surface area contributed by atoms with Gasteiger partial charge >= 0.3 is 5.97 Å². The summed E-state index contributed by atoms with van der Waals surface area (Å²) in [4.78, 5) is 11.5. The van der Waals surface area contributed by atoms with E-state index in [0.717, 1.165) is 31.5 Å². The normalized spacial score (nSPS) is 16.6. The van der Waals surface area contributed by atoms with Gasteiger partial charge in [-0.25, -0.2) is 9.18 Å². The fourth-order valence-corrected chi connectivity index (χ4v) is 2.52. The molecule has 2 rings (SSSR count). The van der Waals surface area contributed by atoms with Crippen molar-refractivity contribution in [3.05, 3.63) is 34.6 Å². The molecule has 0 saturated carbocycles. The van der Waals surface area contributed by atoms with Gasteiger partial charge in [0.1, 0.15) is 5.82 Å². The van der Waals surface area contributed by atoms with Gasteiger partial charge in [0, 0.05) is 0 Å². The second kappa shape index (κ2) is 5.48. The van der Waals surface area contributed by atoms with E-state index in [1.807, 2.05) is 6.07 Å². The quantitative estimate of drug-likeness (QED) is 0.820. The standard InChI is InChI=1S/C14H18FNO2/c1-9-7-11(10-3-5-16-6-4-10)8-12(15)13(9)14(17)18-2/h7-8,10,16H,3-6H2,1-2H3. The zero-order valence-corrected chi connectivity index (χ0v) is 10.8. The molecule has 18 heavy (non-hydrogen) atoms. The lowest BCUT2D eigenvalue weighted by atomic mass is 9.88. The third kappa shape index (κ3) is 2.53. The van der Waals surface area contributed by atoms with Crippen LogP contribution in [0.5, 0.6) is 0 Å². The van der Waals surface area contributed by atoms with Gasteiger partial charge in [0.05, 0.1) is 12.7 Å². The van der Waals surface area contributed by atoms with E-state index >= 15 is 0 Å². The Morgan fingerprint density at radius 3 is 2.61 bits per heavy atom. The van der Waals surface area contributed by atoms with Crippen molar-refractivity contribution in [1.29, 1.82) is 0 Å². The van der Waals surface area contributed by atoms with Gasteiger partial charge in [0.2, 0.25) is 0 Å². The molecule has 0 radical (unpaired) electrons. The molecule has 4 heteroatoms. The van der Waals surface area contributed by atoms with E-state index in [1.165, 1.54) is 13.2 Å². The highest BCUT2D eigenvalue weighted by Crippen LogP contribution is 2.28. The smallest absolute Gasteiger partial charge is 0.341 e. The average molecular weight is 251 g/mol.